The van der Waals surface area contributed by atoms with Gasteiger partial charge in [0.1, 0.15) is 24.1 Å². The zero-order valence-corrected chi connectivity index (χ0v) is 12.6. The summed E-state index contributed by atoms with van der Waals surface area (Å²) < 4.78 is 38.5. The molecule has 4 atom stereocenters. The van der Waals surface area contributed by atoms with Gasteiger partial charge in [0.2, 0.25) is 0 Å². The lowest BCUT2D eigenvalue weighted by Gasteiger charge is -2.22. The Labute approximate surface area is 130 Å². The summed E-state index contributed by atoms with van der Waals surface area (Å²) in [7, 11) is -3.61. The van der Waals surface area contributed by atoms with E-state index in [4.69, 9.17) is 15.0 Å². The lowest BCUT2D eigenvalue weighted by molar-refractivity contribution is -0.0723. The van der Waals surface area contributed by atoms with Crippen LogP contribution in [0.5, 0.6) is 0 Å². The van der Waals surface area contributed by atoms with E-state index in [-0.39, 0.29) is 17.0 Å². The second-order valence-corrected chi connectivity index (χ2v) is 6.45. The number of hydrogen-bond acceptors (Lipinski definition) is 9. The van der Waals surface area contributed by atoms with Crippen LogP contribution in [0.3, 0.4) is 0 Å². The fourth-order valence-electron chi connectivity index (χ4n) is 2.36. The van der Waals surface area contributed by atoms with Crippen molar-refractivity contribution in [1.82, 2.24) is 23.8 Å². The van der Waals surface area contributed by atoms with E-state index in [9.17, 15) is 18.6 Å². The van der Waals surface area contributed by atoms with E-state index < -0.39 is 35.0 Å². The lowest BCUT2D eigenvalue weighted by Crippen LogP contribution is -2.44. The second-order valence-electron chi connectivity index (χ2n) is 4.98. The molecule has 12 nitrogen and oxygen atoms in total. The van der Waals surface area contributed by atoms with Crippen LogP contribution < -0.4 is 5.73 Å². The maximum Gasteiger partial charge on any atom is 0.337 e. The van der Waals surface area contributed by atoms with Crippen molar-refractivity contribution in [2.24, 2.45) is 0 Å². The molecule has 13 heteroatoms. The van der Waals surface area contributed by atoms with Crippen LogP contribution in [0, 0.1) is 0 Å². The molecule has 0 bridgehead atoms. The quantitative estimate of drug-likeness (QED) is 0.443. The van der Waals surface area contributed by atoms with Crippen LogP contribution in [0.1, 0.15) is 6.23 Å². The van der Waals surface area contributed by atoms with E-state index in [2.05, 4.69) is 15.0 Å². The van der Waals surface area contributed by atoms with Crippen LogP contribution in [0.2, 0.25) is 0 Å². The zero-order chi connectivity index (χ0) is 16.9. The predicted molar refractivity (Wildman–Crippen MR) is 75.0 cm³/mol. The third-order valence-electron chi connectivity index (χ3n) is 3.60. The SMILES string of the molecule is CN([C@@H]1O[C@@H](n2cnc3c(N)ncnc32)[C@H](O)[C@@H]1O)S(=O)(=O)O. The first-order valence-electron chi connectivity index (χ1n) is 6.37. The number of hydrogen-bond donors (Lipinski definition) is 4. The van der Waals surface area contributed by atoms with E-state index in [0.29, 0.717) is 4.31 Å². The van der Waals surface area contributed by atoms with Crippen LogP contribution in [0.4, 0.5) is 5.82 Å². The number of nitrogen functional groups attached to an aromatic ring is 1. The number of fused-ring (bicyclic) bond motifs is 1. The van der Waals surface area contributed by atoms with Crippen molar-refractivity contribution < 1.29 is 27.9 Å². The van der Waals surface area contributed by atoms with Crippen molar-refractivity contribution in [2.45, 2.75) is 24.7 Å². The molecule has 3 heterocycles. The number of anilines is 1. The Balaban J connectivity index is 1.99. The Morgan fingerprint density at radius 1 is 1.30 bits per heavy atom. The lowest BCUT2D eigenvalue weighted by atomic mass is 10.2. The number of nitrogens with zero attached hydrogens (tertiary/aromatic N) is 5. The Bertz CT molecular complexity index is 839. The van der Waals surface area contributed by atoms with E-state index in [1.54, 1.807) is 0 Å². The maximum atomic E-state index is 11.2. The maximum absolute atomic E-state index is 11.2. The van der Waals surface area contributed by atoms with Gasteiger partial charge in [-0.3, -0.25) is 9.12 Å². The van der Waals surface area contributed by atoms with E-state index in [1.165, 1.54) is 17.2 Å². The molecule has 0 spiro atoms. The molecular weight excluding hydrogens is 332 g/mol. The molecule has 2 aromatic heterocycles. The van der Waals surface area contributed by atoms with Gasteiger partial charge in [0.05, 0.1) is 6.33 Å². The topological polar surface area (TPSA) is 177 Å². The monoisotopic (exact) mass is 346 g/mol. The number of likely N-dealkylation sites (N-methyl/N-ethyl adjacent to an activating group) is 1. The highest BCUT2D eigenvalue weighted by Gasteiger charge is 2.48. The summed E-state index contributed by atoms with van der Waals surface area (Å²) in [6, 6.07) is 0. The minimum atomic E-state index is -4.62. The number of aliphatic hydroxyl groups is 2. The van der Waals surface area contributed by atoms with Crippen molar-refractivity contribution in [1.29, 1.82) is 0 Å². The third-order valence-corrected chi connectivity index (χ3v) is 4.53. The standard InChI is InChI=1S/C10H14N6O6S/c1-15(23(19,20)21)9-5(17)6(18)10(22-9)16-3-14-4-7(11)12-2-13-8(4)16/h2-3,5-6,9-10,17-18H,1H3,(H2,11,12,13)(H,19,20,21)/t5-,6+,9+,10+/m0/s1. The number of ether oxygens (including phenoxy) is 1. The molecule has 0 radical (unpaired) electrons. The second kappa shape index (κ2) is 5.33. The van der Waals surface area contributed by atoms with Crippen molar-refractivity contribution in [3.8, 4) is 0 Å². The highest BCUT2D eigenvalue weighted by Crippen LogP contribution is 2.33. The van der Waals surface area contributed by atoms with Crippen LogP contribution in [-0.2, 0) is 15.0 Å². The minimum absolute atomic E-state index is 0.119. The number of rotatable bonds is 3. The highest BCUT2D eigenvalue weighted by atomic mass is 32.2. The van der Waals surface area contributed by atoms with Gasteiger partial charge in [-0.2, -0.15) is 12.7 Å². The number of nitrogens with two attached hydrogens (primary N) is 1. The normalized spacial score (nSPS) is 28.7. The van der Waals surface area contributed by atoms with Gasteiger partial charge in [-0.25, -0.2) is 15.0 Å². The summed E-state index contributed by atoms with van der Waals surface area (Å²) in [5.74, 6) is 0.119. The van der Waals surface area contributed by atoms with Crippen LogP contribution in [0.15, 0.2) is 12.7 Å². The summed E-state index contributed by atoms with van der Waals surface area (Å²) in [6.07, 6.45) is -3.29. The first-order chi connectivity index (χ1) is 10.7. The molecule has 0 unspecified atom stereocenters. The first kappa shape index (κ1) is 16.0. The van der Waals surface area contributed by atoms with Crippen LogP contribution in [0.25, 0.3) is 11.2 Å². The third kappa shape index (κ3) is 2.52. The Morgan fingerprint density at radius 3 is 2.65 bits per heavy atom. The molecule has 0 saturated carbocycles. The molecule has 1 aliphatic heterocycles. The van der Waals surface area contributed by atoms with Crippen molar-refractivity contribution >= 4 is 27.3 Å². The molecule has 23 heavy (non-hydrogen) atoms. The van der Waals surface area contributed by atoms with Crippen molar-refractivity contribution in [2.75, 3.05) is 12.8 Å². The first-order valence-corrected chi connectivity index (χ1v) is 7.76. The van der Waals surface area contributed by atoms with Gasteiger partial charge >= 0.3 is 10.3 Å². The Hall–Kier alpha value is -1.90. The van der Waals surface area contributed by atoms with Gasteiger partial charge in [-0.15, -0.1) is 0 Å². The zero-order valence-electron chi connectivity index (χ0n) is 11.8. The fourth-order valence-corrected chi connectivity index (χ4v) is 2.80. The van der Waals surface area contributed by atoms with Crippen molar-refractivity contribution in [3.63, 3.8) is 0 Å². The average molecular weight is 346 g/mol. The van der Waals surface area contributed by atoms with Crippen LogP contribution >= 0.6 is 0 Å². The number of imidazole rings is 1. The van der Waals surface area contributed by atoms with Gasteiger partial charge in [0.15, 0.2) is 23.9 Å². The van der Waals surface area contributed by atoms with Gasteiger partial charge in [-0.1, -0.05) is 0 Å². The Kier molecular flexibility index (Phi) is 3.70. The number of aromatic nitrogens is 4. The van der Waals surface area contributed by atoms with Crippen LogP contribution in [-0.4, -0.2) is 72.5 Å². The molecule has 126 valence electrons. The summed E-state index contributed by atoms with van der Waals surface area (Å²) in [4.78, 5) is 11.8. The molecule has 0 amide bonds. The molecule has 5 N–H and O–H groups in total. The largest absolute Gasteiger partial charge is 0.386 e. The molecular formula is C10H14N6O6S. The van der Waals surface area contributed by atoms with Gasteiger partial charge in [0.25, 0.3) is 0 Å². The van der Waals surface area contributed by atoms with E-state index >= 15 is 0 Å². The Morgan fingerprint density at radius 2 is 2.00 bits per heavy atom. The van der Waals surface area contributed by atoms with Gasteiger partial charge in [-0.05, 0) is 0 Å². The smallest absolute Gasteiger partial charge is 0.337 e. The molecule has 2 aromatic rings. The van der Waals surface area contributed by atoms with Gasteiger partial charge in [0, 0.05) is 7.05 Å². The summed E-state index contributed by atoms with van der Waals surface area (Å²) >= 11 is 0. The molecule has 0 aliphatic carbocycles. The minimum Gasteiger partial charge on any atom is -0.386 e. The molecule has 1 saturated heterocycles. The van der Waals surface area contributed by atoms with Crippen molar-refractivity contribution in [3.05, 3.63) is 12.7 Å². The summed E-state index contributed by atoms with van der Waals surface area (Å²) in [5, 5.41) is 20.1. The molecule has 1 aliphatic rings. The summed E-state index contributed by atoms with van der Waals surface area (Å²) in [6.45, 7) is 0. The van der Waals surface area contributed by atoms with E-state index in [1.807, 2.05) is 0 Å². The summed E-state index contributed by atoms with van der Waals surface area (Å²) in [5.41, 5.74) is 6.17. The van der Waals surface area contributed by atoms with Gasteiger partial charge < -0.3 is 20.7 Å². The molecule has 3 rings (SSSR count). The molecule has 1 fully saturated rings. The predicted octanol–water partition coefficient (Wildman–Crippen LogP) is -2.28. The fraction of sp³-hybridized carbons (Fsp3) is 0.500. The number of aliphatic hydroxyl groups excluding tert-OH is 2. The molecule has 0 aromatic carbocycles. The highest BCUT2D eigenvalue weighted by molar-refractivity contribution is 7.83. The average Bonchev–Trinajstić information content (AvgIpc) is 3.02. The van der Waals surface area contributed by atoms with E-state index in [0.717, 1.165) is 7.05 Å².